The molecule has 0 aromatic heterocycles. The van der Waals surface area contributed by atoms with Crippen LogP contribution in [0, 0.1) is 11.6 Å². The van der Waals surface area contributed by atoms with Gasteiger partial charge in [-0.25, -0.2) is 0 Å². The van der Waals surface area contributed by atoms with Crippen LogP contribution in [0.25, 0.3) is 10.8 Å². The molecule has 0 aliphatic heterocycles. The van der Waals surface area contributed by atoms with Gasteiger partial charge in [0.15, 0.2) is 0 Å². The quantitative estimate of drug-likeness (QED) is 0.361. The molecule has 0 heterocycles. The smallest absolute Gasteiger partial charge is 0.211 e. The van der Waals surface area contributed by atoms with Gasteiger partial charge in [0.05, 0.1) is 12.7 Å². The zero-order valence-electron chi connectivity index (χ0n) is 15.5. The second kappa shape index (κ2) is 7.77. The summed E-state index contributed by atoms with van der Waals surface area (Å²) in [5.74, 6) is 3.89. The van der Waals surface area contributed by atoms with Crippen molar-refractivity contribution in [1.29, 1.82) is 0 Å². The van der Waals surface area contributed by atoms with Crippen molar-refractivity contribution in [3.05, 3.63) is 103 Å². The van der Waals surface area contributed by atoms with Crippen LogP contribution >= 0.6 is 7.14 Å². The molecule has 136 valence electrons. The van der Waals surface area contributed by atoms with Crippen LogP contribution in [0.2, 0.25) is 0 Å². The largest absolute Gasteiger partial charge is 0.495 e. The Balaban J connectivity index is 1.95. The molecule has 3 heteroatoms. The predicted octanol–water partition coefficient (Wildman–Crippen LogP) is 5.17. The molecular formula is C25H19O2P. The van der Waals surface area contributed by atoms with Crippen LogP contribution in [0.5, 0.6) is 5.75 Å². The molecule has 0 radical (unpaired) electrons. The van der Waals surface area contributed by atoms with Gasteiger partial charge in [0, 0.05) is 16.0 Å². The third-order valence-corrected chi connectivity index (χ3v) is 7.17. The van der Waals surface area contributed by atoms with Crippen LogP contribution < -0.4 is 15.3 Å². The minimum Gasteiger partial charge on any atom is -0.495 e. The average Bonchev–Trinajstić information content (AvgIpc) is 2.78. The SMILES string of the molecule is COc1ccc2ccccc2c1C#CP(=O)(c1ccccc1)c1ccccc1. The number of ether oxygens (including phenoxy) is 1. The third-order valence-electron chi connectivity index (χ3n) is 4.69. The minimum atomic E-state index is -3.11. The van der Waals surface area contributed by atoms with Crippen LogP contribution in [0.4, 0.5) is 0 Å². The van der Waals surface area contributed by atoms with Crippen LogP contribution in [-0.4, -0.2) is 7.11 Å². The highest BCUT2D eigenvalue weighted by molar-refractivity contribution is 7.83. The van der Waals surface area contributed by atoms with E-state index >= 15 is 0 Å². The van der Waals surface area contributed by atoms with Crippen molar-refractivity contribution in [2.75, 3.05) is 7.11 Å². The van der Waals surface area contributed by atoms with E-state index in [1.165, 1.54) is 0 Å². The van der Waals surface area contributed by atoms with Gasteiger partial charge in [-0.3, -0.25) is 4.57 Å². The Hall–Kier alpha value is -3.27. The van der Waals surface area contributed by atoms with E-state index in [1.807, 2.05) is 97.1 Å². The summed E-state index contributed by atoms with van der Waals surface area (Å²) >= 11 is 0. The average molecular weight is 382 g/mol. The lowest BCUT2D eigenvalue weighted by Gasteiger charge is -2.13. The number of hydrogen-bond donors (Lipinski definition) is 0. The van der Waals surface area contributed by atoms with E-state index in [9.17, 15) is 4.57 Å². The highest BCUT2D eigenvalue weighted by atomic mass is 31.2. The molecular weight excluding hydrogens is 363 g/mol. The topological polar surface area (TPSA) is 26.3 Å². The van der Waals surface area contributed by atoms with Crippen molar-refractivity contribution in [3.63, 3.8) is 0 Å². The lowest BCUT2D eigenvalue weighted by molar-refractivity contribution is 0.414. The molecule has 0 bridgehead atoms. The summed E-state index contributed by atoms with van der Waals surface area (Å²) in [5.41, 5.74) is 3.89. The number of hydrogen-bond acceptors (Lipinski definition) is 2. The maximum Gasteiger partial charge on any atom is 0.211 e. The predicted molar refractivity (Wildman–Crippen MR) is 117 cm³/mol. The molecule has 0 atom stereocenters. The Morgan fingerprint density at radius 2 is 1.29 bits per heavy atom. The molecule has 0 aliphatic rings. The molecule has 2 nitrogen and oxygen atoms in total. The summed E-state index contributed by atoms with van der Waals surface area (Å²) in [6.07, 6.45) is 0. The number of benzene rings is 4. The van der Waals surface area contributed by atoms with E-state index in [-0.39, 0.29) is 0 Å². The van der Waals surface area contributed by atoms with Crippen LogP contribution in [-0.2, 0) is 4.57 Å². The fourth-order valence-corrected chi connectivity index (χ4v) is 5.25. The molecule has 0 N–H and O–H groups in total. The molecule has 0 aliphatic carbocycles. The van der Waals surface area contributed by atoms with Gasteiger partial charge in [0.25, 0.3) is 0 Å². The van der Waals surface area contributed by atoms with E-state index in [0.717, 1.165) is 26.9 Å². The van der Waals surface area contributed by atoms with Crippen LogP contribution in [0.3, 0.4) is 0 Å². The van der Waals surface area contributed by atoms with Gasteiger partial charge in [-0.15, -0.1) is 0 Å². The minimum absolute atomic E-state index is 0.680. The number of methoxy groups -OCH3 is 1. The Kier molecular flexibility index (Phi) is 5.02. The first-order chi connectivity index (χ1) is 13.7. The zero-order valence-corrected chi connectivity index (χ0v) is 16.4. The van der Waals surface area contributed by atoms with Gasteiger partial charge in [0.1, 0.15) is 5.75 Å². The van der Waals surface area contributed by atoms with Crippen molar-refractivity contribution >= 4 is 28.5 Å². The van der Waals surface area contributed by atoms with Crippen molar-refractivity contribution in [1.82, 2.24) is 0 Å². The van der Waals surface area contributed by atoms with Crippen LogP contribution in [0.15, 0.2) is 97.1 Å². The summed E-state index contributed by atoms with van der Waals surface area (Å²) in [6, 6.07) is 30.8. The molecule has 0 unspecified atom stereocenters. The Morgan fingerprint density at radius 1 is 0.714 bits per heavy atom. The van der Waals surface area contributed by atoms with Crippen molar-refractivity contribution in [3.8, 4) is 17.3 Å². The maximum atomic E-state index is 14.1. The molecule has 0 spiro atoms. The third kappa shape index (κ3) is 3.33. The molecule has 0 saturated carbocycles. The summed E-state index contributed by atoms with van der Waals surface area (Å²) in [6.45, 7) is 0. The van der Waals surface area contributed by atoms with Gasteiger partial charge in [-0.2, -0.15) is 0 Å². The van der Waals surface area contributed by atoms with Crippen LogP contribution in [0.1, 0.15) is 5.56 Å². The molecule has 28 heavy (non-hydrogen) atoms. The first kappa shape index (κ1) is 18.1. The summed E-state index contributed by atoms with van der Waals surface area (Å²) in [4.78, 5) is 0. The van der Waals surface area contributed by atoms with Gasteiger partial charge in [-0.1, -0.05) is 96.9 Å². The van der Waals surface area contributed by atoms with Gasteiger partial charge in [0.2, 0.25) is 7.14 Å². The van der Waals surface area contributed by atoms with Crippen molar-refractivity contribution in [2.45, 2.75) is 0 Å². The molecule has 4 aromatic rings. The lowest BCUT2D eigenvalue weighted by Crippen LogP contribution is -2.14. The molecule has 0 saturated heterocycles. The summed E-state index contributed by atoms with van der Waals surface area (Å²) in [5, 5.41) is 3.52. The Bertz CT molecular complexity index is 1180. The second-order valence-electron chi connectivity index (χ2n) is 6.38. The summed E-state index contributed by atoms with van der Waals surface area (Å²) in [7, 11) is -1.49. The Morgan fingerprint density at radius 3 is 1.89 bits per heavy atom. The highest BCUT2D eigenvalue weighted by Crippen LogP contribution is 2.42. The monoisotopic (exact) mass is 382 g/mol. The van der Waals surface area contributed by atoms with E-state index in [2.05, 4.69) is 11.6 Å². The van der Waals surface area contributed by atoms with E-state index in [4.69, 9.17) is 4.74 Å². The molecule has 4 aromatic carbocycles. The van der Waals surface area contributed by atoms with Gasteiger partial charge < -0.3 is 4.74 Å². The van der Waals surface area contributed by atoms with Gasteiger partial charge >= 0.3 is 0 Å². The standard InChI is InChI=1S/C25H19O2P/c1-27-25-17-16-20-10-8-9-15-23(20)24(25)18-19-28(26,21-11-4-2-5-12-21)22-13-6-3-7-14-22/h2-17H,1H3. The van der Waals surface area contributed by atoms with Gasteiger partial charge in [-0.05, 0) is 17.1 Å². The first-order valence-electron chi connectivity index (χ1n) is 9.03. The second-order valence-corrected chi connectivity index (χ2v) is 8.86. The number of fused-ring (bicyclic) bond motifs is 1. The molecule has 4 rings (SSSR count). The normalized spacial score (nSPS) is 10.9. The number of rotatable bonds is 3. The van der Waals surface area contributed by atoms with E-state index < -0.39 is 7.14 Å². The lowest BCUT2D eigenvalue weighted by atomic mass is 10.0. The highest BCUT2D eigenvalue weighted by Gasteiger charge is 2.24. The molecule has 0 amide bonds. The van der Waals surface area contributed by atoms with Crippen molar-refractivity contribution < 1.29 is 9.30 Å². The maximum absolute atomic E-state index is 14.1. The van der Waals surface area contributed by atoms with E-state index in [1.54, 1.807) is 7.11 Å². The fourth-order valence-electron chi connectivity index (χ4n) is 3.24. The fraction of sp³-hybridized carbons (Fsp3) is 0.0400. The Labute approximate surface area is 165 Å². The molecule has 0 fully saturated rings. The summed E-state index contributed by atoms with van der Waals surface area (Å²) < 4.78 is 19.6. The van der Waals surface area contributed by atoms with Crippen molar-refractivity contribution in [2.24, 2.45) is 0 Å². The zero-order chi connectivity index (χ0) is 19.4. The first-order valence-corrected chi connectivity index (χ1v) is 10.7. The van der Waals surface area contributed by atoms with E-state index in [0.29, 0.717) is 5.75 Å².